The molecule has 6 atom stereocenters. The van der Waals surface area contributed by atoms with E-state index >= 15 is 0 Å². The number of carboxylic acid groups (broad SMARTS) is 1. The van der Waals surface area contributed by atoms with Gasteiger partial charge >= 0.3 is 35.8 Å². The predicted octanol–water partition coefficient (Wildman–Crippen LogP) is 14.8. The highest BCUT2D eigenvalue weighted by Crippen LogP contribution is 2.19. The van der Waals surface area contributed by atoms with Crippen molar-refractivity contribution in [3.05, 3.63) is 354 Å². The van der Waals surface area contributed by atoms with Crippen LogP contribution in [0.2, 0.25) is 0 Å². The van der Waals surface area contributed by atoms with Crippen LogP contribution in [0.1, 0.15) is 217 Å². The van der Waals surface area contributed by atoms with Crippen molar-refractivity contribution in [2.24, 2.45) is 23.3 Å². The summed E-state index contributed by atoms with van der Waals surface area (Å²) in [6.45, 7) is 22.3. The molecule has 10 aromatic carbocycles. The van der Waals surface area contributed by atoms with Crippen molar-refractivity contribution in [3.8, 4) is 59.2 Å². The van der Waals surface area contributed by atoms with Crippen molar-refractivity contribution in [2.45, 2.75) is 145 Å². The molecule has 141 heavy (non-hydrogen) atoms. The summed E-state index contributed by atoms with van der Waals surface area (Å²) < 4.78 is 66.4. The number of hydroxylamine groups is 1. The molecule has 10 rings (SSSR count). The summed E-state index contributed by atoms with van der Waals surface area (Å²) >= 11 is 0. The maximum Gasteiger partial charge on any atom is 0.337 e. The second-order valence-corrected chi connectivity index (χ2v) is 33.6. The summed E-state index contributed by atoms with van der Waals surface area (Å²) in [6.07, 6.45) is 1.87. The Morgan fingerprint density at radius 3 is 0.894 bits per heavy atom. The van der Waals surface area contributed by atoms with Crippen LogP contribution in [0.15, 0.2) is 243 Å². The third-order valence-electron chi connectivity index (χ3n) is 19.8. The largest absolute Gasteiger partial charge is 0.478 e. The Balaban J connectivity index is 0.000000356. The molecule has 0 unspecified atom stereocenters. The molecule has 0 aliphatic heterocycles. The molecule has 742 valence electrons. The third-order valence-corrected chi connectivity index (χ3v) is 20.3. The van der Waals surface area contributed by atoms with Gasteiger partial charge in [0.2, 0.25) is 0 Å². The lowest BCUT2D eigenvalue weighted by atomic mass is 9.98. The molecule has 0 aliphatic carbocycles. The monoisotopic (exact) mass is 1960 g/mol. The highest BCUT2D eigenvalue weighted by atomic mass is 35.5. The quantitative estimate of drug-likeness (QED) is 0.00539. The number of nitrogens with two attached hydrogens (primary N) is 2. The molecular weight excluding hydrogens is 1840 g/mol. The van der Waals surface area contributed by atoms with Crippen LogP contribution in [0.3, 0.4) is 0 Å². The number of hydrogen-bond donors (Lipinski definition) is 8. The van der Waals surface area contributed by atoms with E-state index in [1.807, 2.05) is 132 Å². The van der Waals surface area contributed by atoms with Gasteiger partial charge < -0.3 is 70.2 Å². The van der Waals surface area contributed by atoms with Crippen LogP contribution < -0.4 is 27.6 Å². The van der Waals surface area contributed by atoms with Gasteiger partial charge in [-0.3, -0.25) is 33.4 Å². The van der Waals surface area contributed by atoms with E-state index in [-0.39, 0.29) is 73.3 Å². The van der Waals surface area contributed by atoms with Crippen LogP contribution in [0.25, 0.3) is 0 Å². The van der Waals surface area contributed by atoms with E-state index in [1.54, 1.807) is 180 Å². The molecule has 0 aromatic heterocycles. The van der Waals surface area contributed by atoms with E-state index in [4.69, 9.17) is 54.8 Å². The lowest BCUT2D eigenvalue weighted by Crippen LogP contribution is -2.54. The number of carbonyl (C=O) groups excluding carboxylic acids is 8. The van der Waals surface area contributed by atoms with Crippen LogP contribution in [0.5, 0.6) is 0 Å². The first-order valence-corrected chi connectivity index (χ1v) is 46.3. The van der Waals surface area contributed by atoms with Gasteiger partial charge in [-0.25, -0.2) is 24.7 Å². The summed E-state index contributed by atoms with van der Waals surface area (Å²) in [5.41, 5.74) is 27.5. The van der Waals surface area contributed by atoms with Crippen molar-refractivity contribution in [2.75, 3.05) is 54.5 Å². The van der Waals surface area contributed by atoms with Crippen molar-refractivity contribution in [3.63, 3.8) is 0 Å². The average Bonchev–Trinajstić information content (AvgIpc) is 0.853. The van der Waals surface area contributed by atoms with Gasteiger partial charge in [0, 0.05) is 92.6 Å². The Morgan fingerprint density at radius 1 is 0.383 bits per heavy atom. The van der Waals surface area contributed by atoms with Crippen LogP contribution in [0, 0.1) is 71.0 Å². The second-order valence-electron chi connectivity index (χ2n) is 31.9. The van der Waals surface area contributed by atoms with E-state index in [0.29, 0.717) is 61.9 Å². The molecule has 10 N–H and O–H groups in total. The normalized spacial score (nSPS) is 11.5. The minimum Gasteiger partial charge on any atom is -0.478 e. The fourth-order valence-corrected chi connectivity index (χ4v) is 12.0. The fourth-order valence-electron chi connectivity index (χ4n) is 11.6. The third kappa shape index (κ3) is 46.0. The van der Waals surface area contributed by atoms with Gasteiger partial charge in [0.05, 0.1) is 90.8 Å². The number of amides is 3. The van der Waals surface area contributed by atoms with Crippen LogP contribution >= 0.6 is 12.4 Å². The Bertz CT molecular complexity index is 6120. The van der Waals surface area contributed by atoms with Crippen LogP contribution in [-0.2, 0) is 104 Å². The zero-order chi connectivity index (χ0) is 103. The van der Waals surface area contributed by atoms with Gasteiger partial charge in [-0.05, 0) is 270 Å². The Labute approximate surface area is 832 Å². The summed E-state index contributed by atoms with van der Waals surface area (Å²) in [5.74, 6) is 25.6. The number of benzene rings is 10. The number of halogens is 1. The van der Waals surface area contributed by atoms with Gasteiger partial charge in [-0.2, -0.15) is 8.42 Å². The first-order valence-electron chi connectivity index (χ1n) is 44.5. The lowest BCUT2D eigenvalue weighted by Gasteiger charge is -2.22. The zero-order valence-electron chi connectivity index (χ0n) is 81.6. The van der Waals surface area contributed by atoms with Crippen molar-refractivity contribution in [1.29, 1.82) is 0 Å². The number of carboxylic acids is 1. The van der Waals surface area contributed by atoms with Gasteiger partial charge in [0.25, 0.3) is 27.8 Å². The van der Waals surface area contributed by atoms with Crippen LogP contribution in [0.4, 0.5) is 0 Å². The molecule has 30 heteroatoms. The summed E-state index contributed by atoms with van der Waals surface area (Å²) in [7, 11) is 1.83. The molecule has 0 heterocycles. The topological polar surface area (TPSA) is 420 Å². The van der Waals surface area contributed by atoms with Gasteiger partial charge in [0.1, 0.15) is 23.7 Å². The Morgan fingerprint density at radius 2 is 0.652 bits per heavy atom. The number of esters is 5. The zero-order valence-corrected chi connectivity index (χ0v) is 83.2. The van der Waals surface area contributed by atoms with Gasteiger partial charge in [0.15, 0.2) is 0 Å². The average molecular weight is 1960 g/mol. The summed E-state index contributed by atoms with van der Waals surface area (Å²) in [4.78, 5) is 104. The van der Waals surface area contributed by atoms with Crippen molar-refractivity contribution < 1.29 is 109 Å². The summed E-state index contributed by atoms with van der Waals surface area (Å²) in [5, 5.41) is 31.8. The molecule has 0 spiro atoms. The first kappa shape index (κ1) is 118. The molecule has 0 saturated carbocycles. The SMILES string of the molecule is CCOCc1ccc(C#Cc2ccc(C(=O)N[C@H](C(=O)NO)[C@@H](C)N)cc2)cc1.CCOCc1ccc(C#Cc2ccc(C(=O)N[C@H](C(=O)OC)[C@@H](C)CC)cc2)cc1.CCOCc1ccc(C#Cc2ccc(C(=O)O)cc2)cc1.COC(=O)[C@@H](N)[C@@H](C)CC(=O)OC(C)(C)C.COC(=O)c1ccc(C#Cc2ccc(CO)cc2)cc1.COC(=O)c1ccc(C#Cc2ccc(COS(C)(=O)=O)cc2)cc1.Cl. The predicted molar refractivity (Wildman–Crippen MR) is 540 cm³/mol. The Hall–Kier alpha value is -14.9. The molecule has 0 radical (unpaired) electrons. The minimum atomic E-state index is -3.45. The number of ether oxygens (including phenoxy) is 8. The van der Waals surface area contributed by atoms with E-state index < -0.39 is 69.6 Å². The number of methoxy groups -OCH3 is 4. The number of aromatic carboxylic acids is 1. The number of nitrogens with one attached hydrogen (secondary N) is 3. The lowest BCUT2D eigenvalue weighted by molar-refractivity contribution is -0.156. The smallest absolute Gasteiger partial charge is 0.337 e. The second kappa shape index (κ2) is 63.6. The molecular formula is C111H122ClN5O23S. The molecule has 10 aromatic rings. The first-order chi connectivity index (χ1) is 66.9. The number of rotatable bonds is 29. The summed E-state index contributed by atoms with van der Waals surface area (Å²) in [6, 6.07) is 68.9. The molecule has 0 bridgehead atoms. The van der Waals surface area contributed by atoms with Gasteiger partial charge in [-0.15, -0.1) is 12.4 Å². The molecule has 0 fully saturated rings. The van der Waals surface area contributed by atoms with E-state index in [2.05, 4.69) is 84.0 Å². The van der Waals surface area contributed by atoms with Crippen molar-refractivity contribution >= 4 is 76.1 Å². The Kier molecular flexibility index (Phi) is 53.4. The maximum atomic E-state index is 12.5. The molecule has 0 saturated heterocycles. The number of aliphatic hydroxyl groups excluding tert-OH is 1. The molecule has 3 amide bonds. The maximum absolute atomic E-state index is 12.5. The van der Waals surface area contributed by atoms with Crippen LogP contribution in [-0.4, -0.2) is 162 Å². The van der Waals surface area contributed by atoms with E-state index in [0.717, 1.165) is 96.1 Å². The highest BCUT2D eigenvalue weighted by Gasteiger charge is 2.29. The number of carbonyl (C=O) groups is 9. The number of aliphatic hydroxyl groups is 1. The fraction of sp³-hybridized carbons (Fsp3) is 0.288. The minimum absolute atomic E-state index is 0. The standard InChI is InChI=1S/C25H29NO4.C22H25N3O4.C18H16O5S.C18H16O3.C17H14O3.C11H21NO4.ClH/c1-5-18(3)23(25(28)29-4)26-24(27)22-15-13-20(14-16-22)8-7-19-9-11-21(12-10-19)17-30-6-2;1-3-29-14-18-8-6-16(7-9-18)4-5-17-10-12-19(13-11-17)21(26)24-20(15(2)23)22(27)25-28;1-22-18(19)17-11-9-15(10-12-17)4-3-14-5-7-16(8-6-14)13-23-24(2,20)21;1-2-21-13-16-7-5-14(6-8-16)3-4-15-9-11-17(12-10-15)18(19)20;1-20-17(19)16-10-8-14(9-11-16)3-2-13-4-6-15(12-18)7-5-13;1-7(9(12)10(14)15-5)6-8(13)16-11(2,3)4;/h9-16,18,23H,5-6,17H2,1-4H3,(H,26,27);6-13,15,20,28H,3,14,23H2,1-2H3,(H,24,26)(H,25,27);5-12H,13H2,1-2H3;5-12H,2,13H2,1H3,(H,19,20);4-11,18H,12H2,1H3;7,9H,6,12H2,1-5H3;1H/t18-,23-;15-,20+;;;;7-,9-;/m01...0./s1. The van der Waals surface area contributed by atoms with Gasteiger partial charge in [-0.1, -0.05) is 147 Å². The molecule has 0 aliphatic rings. The van der Waals surface area contributed by atoms with E-state index in [1.165, 1.54) is 33.9 Å². The highest BCUT2D eigenvalue weighted by molar-refractivity contribution is 7.85. The van der Waals surface area contributed by atoms with E-state index in [9.17, 15) is 51.6 Å². The number of hydrogen-bond acceptors (Lipinski definition) is 24. The van der Waals surface area contributed by atoms with Crippen molar-refractivity contribution in [1.82, 2.24) is 16.1 Å². The molecule has 28 nitrogen and oxygen atoms in total.